The van der Waals surface area contributed by atoms with Gasteiger partial charge >= 0.3 is 0 Å². The number of thioether (sulfide) groups is 1. The zero-order chi connectivity index (χ0) is 20.8. The molecule has 154 valence electrons. The van der Waals surface area contributed by atoms with E-state index in [0.717, 1.165) is 27.6 Å². The van der Waals surface area contributed by atoms with E-state index in [9.17, 15) is 13.2 Å². The van der Waals surface area contributed by atoms with E-state index in [-0.39, 0.29) is 17.9 Å². The van der Waals surface area contributed by atoms with E-state index in [2.05, 4.69) is 26.1 Å². The van der Waals surface area contributed by atoms with Gasteiger partial charge in [0.05, 0.1) is 24.0 Å². The quantitative estimate of drug-likeness (QED) is 0.624. The second kappa shape index (κ2) is 9.52. The van der Waals surface area contributed by atoms with Gasteiger partial charge < -0.3 is 9.73 Å². The maximum absolute atomic E-state index is 12.2. The van der Waals surface area contributed by atoms with Crippen molar-refractivity contribution in [2.24, 2.45) is 0 Å². The molecule has 0 bridgehead atoms. The lowest BCUT2D eigenvalue weighted by Gasteiger charge is -2.24. The molecule has 28 heavy (non-hydrogen) atoms. The minimum atomic E-state index is -3.57. The van der Waals surface area contributed by atoms with E-state index in [4.69, 9.17) is 4.42 Å². The average molecular weight is 425 g/mol. The predicted octanol–water partition coefficient (Wildman–Crippen LogP) is 3.39. The molecular weight excluding hydrogens is 396 g/mol. The number of carbonyl (C=O) groups is 1. The summed E-state index contributed by atoms with van der Waals surface area (Å²) in [6.45, 7) is 6.50. The highest BCUT2D eigenvalue weighted by molar-refractivity contribution is 7.98. The molecule has 2 rings (SSSR count). The van der Waals surface area contributed by atoms with Crippen LogP contribution in [0.25, 0.3) is 0 Å². The molecule has 0 radical (unpaired) electrons. The standard InChI is InChI=1S/C20H28N2O4S2/c1-20(2,3)16-7-9-17(10-8-16)22(28(4,24)25)14-19(23)21-11-13-27-15-18-6-5-12-26-18/h5-10,12H,11,13-15H2,1-4H3,(H,21,23). The molecule has 1 aromatic heterocycles. The number of hydrogen-bond donors (Lipinski definition) is 1. The topological polar surface area (TPSA) is 79.6 Å². The number of nitrogens with one attached hydrogen (secondary N) is 1. The number of benzene rings is 1. The van der Waals surface area contributed by atoms with Crippen molar-refractivity contribution in [3.05, 3.63) is 54.0 Å². The Morgan fingerprint density at radius 2 is 1.86 bits per heavy atom. The van der Waals surface area contributed by atoms with Crippen LogP contribution in [0.5, 0.6) is 0 Å². The van der Waals surface area contributed by atoms with Crippen molar-refractivity contribution in [2.45, 2.75) is 31.9 Å². The summed E-state index contributed by atoms with van der Waals surface area (Å²) in [5, 5.41) is 2.77. The fourth-order valence-corrected chi connectivity index (χ4v) is 4.16. The Bertz CT molecular complexity index is 855. The molecule has 0 spiro atoms. The molecule has 1 heterocycles. The molecule has 6 nitrogen and oxygen atoms in total. The fourth-order valence-electron chi connectivity index (χ4n) is 2.54. The molecule has 8 heteroatoms. The second-order valence-electron chi connectivity index (χ2n) is 7.55. The third-order valence-electron chi connectivity index (χ3n) is 4.10. The van der Waals surface area contributed by atoms with Crippen LogP contribution in [0.2, 0.25) is 0 Å². The summed E-state index contributed by atoms with van der Waals surface area (Å²) < 4.78 is 30.8. The molecule has 2 aromatic rings. The van der Waals surface area contributed by atoms with Gasteiger partial charge in [0.1, 0.15) is 12.3 Å². The molecule has 0 fully saturated rings. The summed E-state index contributed by atoms with van der Waals surface area (Å²) in [5.74, 6) is 2.01. The molecular formula is C20H28N2O4S2. The summed E-state index contributed by atoms with van der Waals surface area (Å²) in [4.78, 5) is 12.2. The lowest BCUT2D eigenvalue weighted by atomic mass is 9.87. The SMILES string of the molecule is CC(C)(C)c1ccc(N(CC(=O)NCCSCc2ccco2)S(C)(=O)=O)cc1. The van der Waals surface area contributed by atoms with E-state index < -0.39 is 10.0 Å². The van der Waals surface area contributed by atoms with E-state index in [0.29, 0.717) is 18.0 Å². The first-order valence-electron chi connectivity index (χ1n) is 9.02. The normalized spacial score (nSPS) is 12.0. The zero-order valence-corrected chi connectivity index (χ0v) is 18.4. The van der Waals surface area contributed by atoms with Gasteiger partial charge in [0.25, 0.3) is 0 Å². The Hall–Kier alpha value is -1.93. The highest BCUT2D eigenvalue weighted by atomic mass is 32.2. The molecule has 0 atom stereocenters. The van der Waals surface area contributed by atoms with Crippen LogP contribution in [0.4, 0.5) is 5.69 Å². The predicted molar refractivity (Wildman–Crippen MR) is 115 cm³/mol. The van der Waals surface area contributed by atoms with E-state index >= 15 is 0 Å². The number of hydrogen-bond acceptors (Lipinski definition) is 5. The Balaban J connectivity index is 1.90. The number of nitrogens with zero attached hydrogens (tertiary/aromatic N) is 1. The third kappa shape index (κ3) is 6.91. The summed E-state index contributed by atoms with van der Waals surface area (Å²) in [7, 11) is -3.57. The van der Waals surface area contributed by atoms with Crippen molar-refractivity contribution in [2.75, 3.05) is 29.4 Å². The zero-order valence-electron chi connectivity index (χ0n) is 16.8. The van der Waals surface area contributed by atoms with Crippen molar-refractivity contribution in [1.29, 1.82) is 0 Å². The number of anilines is 1. The Morgan fingerprint density at radius 3 is 2.39 bits per heavy atom. The summed E-state index contributed by atoms with van der Waals surface area (Å²) in [6, 6.07) is 11.0. The van der Waals surface area contributed by atoms with Gasteiger partial charge in [-0.1, -0.05) is 32.9 Å². The van der Waals surface area contributed by atoms with Crippen molar-refractivity contribution >= 4 is 33.4 Å². The van der Waals surface area contributed by atoms with Crippen molar-refractivity contribution < 1.29 is 17.6 Å². The first kappa shape index (κ1) is 22.4. The number of furan rings is 1. The molecule has 0 aliphatic rings. The van der Waals surface area contributed by atoms with Crippen LogP contribution in [-0.2, 0) is 26.0 Å². The van der Waals surface area contributed by atoms with E-state index in [1.165, 1.54) is 0 Å². The Morgan fingerprint density at radius 1 is 1.18 bits per heavy atom. The Labute approximate surface area is 171 Å². The van der Waals surface area contributed by atoms with Crippen molar-refractivity contribution in [1.82, 2.24) is 5.32 Å². The minimum Gasteiger partial charge on any atom is -0.468 e. The van der Waals surface area contributed by atoms with Crippen molar-refractivity contribution in [3.63, 3.8) is 0 Å². The average Bonchev–Trinajstić information content (AvgIpc) is 3.11. The molecule has 1 N–H and O–H groups in total. The number of sulfonamides is 1. The van der Waals surface area contributed by atoms with E-state index in [1.807, 2.05) is 24.3 Å². The lowest BCUT2D eigenvalue weighted by Crippen LogP contribution is -2.41. The molecule has 1 aromatic carbocycles. The van der Waals surface area contributed by atoms with Gasteiger partial charge in [0.2, 0.25) is 15.9 Å². The van der Waals surface area contributed by atoms with Crippen LogP contribution in [0.1, 0.15) is 32.1 Å². The molecule has 0 aliphatic heterocycles. The number of carbonyl (C=O) groups excluding carboxylic acids is 1. The maximum Gasteiger partial charge on any atom is 0.240 e. The summed E-state index contributed by atoms with van der Waals surface area (Å²) in [6.07, 6.45) is 2.74. The lowest BCUT2D eigenvalue weighted by molar-refractivity contribution is -0.119. The highest BCUT2D eigenvalue weighted by Crippen LogP contribution is 2.25. The fraction of sp³-hybridized carbons (Fsp3) is 0.450. The second-order valence-corrected chi connectivity index (χ2v) is 10.6. The molecule has 0 aliphatic carbocycles. The van der Waals surface area contributed by atoms with Gasteiger partial charge in [-0.05, 0) is 35.2 Å². The van der Waals surface area contributed by atoms with E-state index in [1.54, 1.807) is 30.2 Å². The monoisotopic (exact) mass is 424 g/mol. The largest absolute Gasteiger partial charge is 0.468 e. The molecule has 0 unspecified atom stereocenters. The first-order chi connectivity index (χ1) is 13.1. The smallest absolute Gasteiger partial charge is 0.240 e. The number of rotatable bonds is 9. The molecule has 0 saturated carbocycles. The van der Waals surface area contributed by atoms with Gasteiger partial charge in [0, 0.05) is 12.3 Å². The van der Waals surface area contributed by atoms with Crippen LogP contribution in [0.15, 0.2) is 47.1 Å². The van der Waals surface area contributed by atoms with Gasteiger partial charge in [-0.2, -0.15) is 11.8 Å². The summed E-state index contributed by atoms with van der Waals surface area (Å²) in [5.41, 5.74) is 1.56. The maximum atomic E-state index is 12.2. The number of amides is 1. The molecule has 1 amide bonds. The van der Waals surface area contributed by atoms with Gasteiger partial charge in [-0.15, -0.1) is 0 Å². The van der Waals surface area contributed by atoms with Crippen molar-refractivity contribution in [3.8, 4) is 0 Å². The summed E-state index contributed by atoms with van der Waals surface area (Å²) >= 11 is 1.64. The van der Waals surface area contributed by atoms with Gasteiger partial charge in [-0.3, -0.25) is 9.10 Å². The van der Waals surface area contributed by atoms with Crippen LogP contribution in [-0.4, -0.2) is 39.4 Å². The van der Waals surface area contributed by atoms with Crippen LogP contribution in [0.3, 0.4) is 0 Å². The van der Waals surface area contributed by atoms with Crippen LogP contribution < -0.4 is 9.62 Å². The van der Waals surface area contributed by atoms with Crippen LogP contribution in [0, 0.1) is 0 Å². The van der Waals surface area contributed by atoms with Gasteiger partial charge in [0.15, 0.2) is 0 Å². The van der Waals surface area contributed by atoms with Crippen LogP contribution >= 0.6 is 11.8 Å². The first-order valence-corrected chi connectivity index (χ1v) is 12.0. The minimum absolute atomic E-state index is 0.0286. The highest BCUT2D eigenvalue weighted by Gasteiger charge is 2.21. The third-order valence-corrected chi connectivity index (χ3v) is 6.22. The Kier molecular flexibility index (Phi) is 7.60. The van der Waals surface area contributed by atoms with Gasteiger partial charge in [-0.25, -0.2) is 8.42 Å². The molecule has 0 saturated heterocycles.